The second kappa shape index (κ2) is 6.58. The van der Waals surface area contributed by atoms with Crippen molar-refractivity contribution >= 4 is 28.7 Å². The van der Waals surface area contributed by atoms with Crippen LogP contribution in [0.1, 0.15) is 24.8 Å². The van der Waals surface area contributed by atoms with Gasteiger partial charge in [-0.15, -0.1) is 0 Å². The first-order valence-electron chi connectivity index (χ1n) is 7.63. The maximum atomic E-state index is 14.5. The Labute approximate surface area is 145 Å². The van der Waals surface area contributed by atoms with E-state index in [2.05, 4.69) is 10.3 Å². The SMILES string of the molecule is O=C(O)NC1=N[C@@]2(c3cc([N+](=O)[O-])ccc3F)CC[C@@H](F)C[C@@H]2CS1. The smallest absolute Gasteiger partial charge is 0.410 e. The molecule has 1 aromatic rings. The first-order chi connectivity index (χ1) is 11.8. The molecule has 1 aliphatic carbocycles. The predicted molar refractivity (Wildman–Crippen MR) is 88.0 cm³/mol. The van der Waals surface area contributed by atoms with Gasteiger partial charge in [0.05, 0.1) is 10.5 Å². The number of fused-ring (bicyclic) bond motifs is 1. The summed E-state index contributed by atoms with van der Waals surface area (Å²) in [7, 11) is 0. The first kappa shape index (κ1) is 17.6. The van der Waals surface area contributed by atoms with Gasteiger partial charge in [-0.2, -0.15) is 0 Å². The maximum Gasteiger partial charge on any atom is 0.410 e. The number of hydrogen-bond donors (Lipinski definition) is 2. The molecule has 7 nitrogen and oxygen atoms in total. The number of hydrogen-bond acceptors (Lipinski definition) is 5. The Hall–Kier alpha value is -2.23. The van der Waals surface area contributed by atoms with Crippen LogP contribution in [0.25, 0.3) is 0 Å². The fourth-order valence-electron chi connectivity index (χ4n) is 3.48. The number of nitro groups is 1. The lowest BCUT2D eigenvalue weighted by Gasteiger charge is -2.45. The van der Waals surface area contributed by atoms with E-state index in [0.29, 0.717) is 5.75 Å². The second-order valence-electron chi connectivity index (χ2n) is 6.07. The number of rotatable bonds is 2. The third-order valence-corrected chi connectivity index (χ3v) is 5.65. The molecule has 10 heteroatoms. The molecule has 1 aliphatic heterocycles. The third kappa shape index (κ3) is 3.30. The van der Waals surface area contributed by atoms with Crippen molar-refractivity contribution in [2.45, 2.75) is 31.0 Å². The van der Waals surface area contributed by atoms with Crippen molar-refractivity contribution in [1.29, 1.82) is 0 Å². The van der Waals surface area contributed by atoms with Gasteiger partial charge < -0.3 is 5.11 Å². The quantitative estimate of drug-likeness (QED) is 0.612. The van der Waals surface area contributed by atoms with Crippen molar-refractivity contribution in [2.75, 3.05) is 5.75 Å². The van der Waals surface area contributed by atoms with Gasteiger partial charge in [0.25, 0.3) is 5.69 Å². The molecule has 1 aromatic carbocycles. The molecule has 2 N–H and O–H groups in total. The van der Waals surface area contributed by atoms with Gasteiger partial charge in [-0.1, -0.05) is 11.8 Å². The highest BCUT2D eigenvalue weighted by molar-refractivity contribution is 8.13. The molecule has 0 spiro atoms. The Morgan fingerprint density at radius 1 is 1.52 bits per heavy atom. The van der Waals surface area contributed by atoms with E-state index in [9.17, 15) is 23.7 Å². The summed E-state index contributed by atoms with van der Waals surface area (Å²) >= 11 is 1.12. The minimum absolute atomic E-state index is 0.0172. The van der Waals surface area contributed by atoms with Crippen molar-refractivity contribution in [3.63, 3.8) is 0 Å². The van der Waals surface area contributed by atoms with Crippen molar-refractivity contribution < 1.29 is 23.6 Å². The highest BCUT2D eigenvalue weighted by Crippen LogP contribution is 2.50. The van der Waals surface area contributed by atoms with Gasteiger partial charge in [0.2, 0.25) is 0 Å². The van der Waals surface area contributed by atoms with E-state index >= 15 is 0 Å². The number of amides is 1. The fraction of sp³-hybridized carbons (Fsp3) is 0.467. The summed E-state index contributed by atoms with van der Waals surface area (Å²) in [5.41, 5.74) is -1.47. The number of carbonyl (C=O) groups is 1. The Kier molecular flexibility index (Phi) is 4.63. The van der Waals surface area contributed by atoms with Crippen LogP contribution in [0.15, 0.2) is 23.2 Å². The number of thioether (sulfide) groups is 1. The summed E-state index contributed by atoms with van der Waals surface area (Å²) in [6.07, 6.45) is -1.92. The molecule has 1 fully saturated rings. The normalized spacial score (nSPS) is 28.6. The van der Waals surface area contributed by atoms with Crippen molar-refractivity contribution in [3.05, 3.63) is 39.7 Å². The number of carboxylic acid groups (broad SMARTS) is 1. The van der Waals surface area contributed by atoms with E-state index in [0.717, 1.165) is 30.0 Å². The van der Waals surface area contributed by atoms with E-state index in [1.807, 2.05) is 0 Å². The summed E-state index contributed by atoms with van der Waals surface area (Å²) in [4.78, 5) is 25.7. The molecular formula is C15H15F2N3O4S. The number of benzene rings is 1. The van der Waals surface area contributed by atoms with Crippen LogP contribution in [0.2, 0.25) is 0 Å². The average Bonchev–Trinajstić information content (AvgIpc) is 2.54. The first-order valence-corrected chi connectivity index (χ1v) is 8.61. The summed E-state index contributed by atoms with van der Waals surface area (Å²) in [6, 6.07) is 3.18. The molecule has 0 unspecified atom stereocenters. The Morgan fingerprint density at radius 2 is 2.28 bits per heavy atom. The zero-order valence-corrected chi connectivity index (χ0v) is 13.8. The van der Waals surface area contributed by atoms with Gasteiger partial charge in [-0.05, 0) is 25.3 Å². The number of nitrogens with one attached hydrogen (secondary N) is 1. The number of nitro benzene ring substituents is 1. The van der Waals surface area contributed by atoms with E-state index in [-0.39, 0.29) is 41.6 Å². The Balaban J connectivity index is 2.13. The lowest BCUT2D eigenvalue weighted by atomic mass is 9.69. The van der Waals surface area contributed by atoms with Gasteiger partial charge in [0.1, 0.15) is 12.0 Å². The van der Waals surface area contributed by atoms with Crippen LogP contribution in [0.3, 0.4) is 0 Å². The minimum Gasteiger partial charge on any atom is -0.465 e. The largest absolute Gasteiger partial charge is 0.465 e. The van der Waals surface area contributed by atoms with Crippen molar-refractivity contribution in [2.24, 2.45) is 10.9 Å². The van der Waals surface area contributed by atoms with E-state index in [1.54, 1.807) is 0 Å². The molecule has 1 heterocycles. The van der Waals surface area contributed by atoms with Crippen LogP contribution < -0.4 is 5.32 Å². The molecule has 1 saturated carbocycles. The lowest BCUT2D eigenvalue weighted by molar-refractivity contribution is -0.385. The minimum atomic E-state index is -1.31. The molecule has 25 heavy (non-hydrogen) atoms. The highest BCUT2D eigenvalue weighted by atomic mass is 32.2. The number of nitrogens with zero attached hydrogens (tertiary/aromatic N) is 2. The number of alkyl halides is 1. The van der Waals surface area contributed by atoms with Gasteiger partial charge in [-0.3, -0.25) is 20.4 Å². The standard InChI is InChI=1S/C15H15F2N3O4S/c16-9-3-4-15(11-6-10(20(23)24)1-2-12(11)17)8(5-9)7-25-13(19-15)18-14(21)22/h1-2,6,8-9H,3-5,7H2,(H,18,19)(H,21,22)/t8-,9-,15+/m1/s1. The Morgan fingerprint density at radius 3 is 2.96 bits per heavy atom. The highest BCUT2D eigenvalue weighted by Gasteiger charge is 2.49. The summed E-state index contributed by atoms with van der Waals surface area (Å²) in [5.74, 6) is -0.697. The van der Waals surface area contributed by atoms with Gasteiger partial charge in [0, 0.05) is 29.4 Å². The van der Waals surface area contributed by atoms with Crippen LogP contribution >= 0.6 is 11.8 Å². The van der Waals surface area contributed by atoms with Crippen LogP contribution in [-0.4, -0.2) is 33.2 Å². The van der Waals surface area contributed by atoms with Crippen LogP contribution in [0.5, 0.6) is 0 Å². The summed E-state index contributed by atoms with van der Waals surface area (Å²) in [5, 5.41) is 22.2. The predicted octanol–water partition coefficient (Wildman–Crippen LogP) is 3.44. The monoisotopic (exact) mass is 371 g/mol. The fourth-order valence-corrected chi connectivity index (χ4v) is 4.64. The van der Waals surface area contributed by atoms with E-state index < -0.39 is 28.5 Å². The summed E-state index contributed by atoms with van der Waals surface area (Å²) in [6.45, 7) is 0. The molecule has 3 rings (SSSR count). The average molecular weight is 371 g/mol. The number of non-ortho nitro benzene ring substituents is 1. The lowest BCUT2D eigenvalue weighted by Crippen LogP contribution is -2.46. The van der Waals surface area contributed by atoms with Crippen molar-refractivity contribution in [3.8, 4) is 0 Å². The van der Waals surface area contributed by atoms with Crippen LogP contribution in [0, 0.1) is 21.8 Å². The third-order valence-electron chi connectivity index (χ3n) is 4.62. The summed E-state index contributed by atoms with van der Waals surface area (Å²) < 4.78 is 28.4. The van der Waals surface area contributed by atoms with Gasteiger partial charge in [0.15, 0.2) is 5.17 Å². The second-order valence-corrected chi connectivity index (χ2v) is 7.08. The molecule has 2 aliphatic rings. The van der Waals surface area contributed by atoms with E-state index in [4.69, 9.17) is 5.11 Å². The zero-order valence-electron chi connectivity index (χ0n) is 12.9. The number of aliphatic imine (C=N–C) groups is 1. The topological polar surface area (TPSA) is 105 Å². The Bertz CT molecular complexity index is 760. The molecule has 1 amide bonds. The molecule has 0 radical (unpaired) electrons. The van der Waals surface area contributed by atoms with Crippen LogP contribution in [-0.2, 0) is 5.54 Å². The van der Waals surface area contributed by atoms with Crippen molar-refractivity contribution in [1.82, 2.24) is 5.32 Å². The van der Waals surface area contributed by atoms with E-state index in [1.165, 1.54) is 0 Å². The molecule has 134 valence electrons. The maximum absolute atomic E-state index is 14.5. The molecule has 0 bridgehead atoms. The molecule has 0 aromatic heterocycles. The van der Waals surface area contributed by atoms with Crippen LogP contribution in [0.4, 0.5) is 19.3 Å². The molecule has 3 atom stereocenters. The zero-order chi connectivity index (χ0) is 18.2. The number of amidine groups is 1. The molecule has 0 saturated heterocycles. The van der Waals surface area contributed by atoms with Gasteiger partial charge >= 0.3 is 6.09 Å². The number of halogens is 2. The molecular weight excluding hydrogens is 356 g/mol. The van der Waals surface area contributed by atoms with Gasteiger partial charge in [-0.25, -0.2) is 13.6 Å².